The van der Waals surface area contributed by atoms with Crippen LogP contribution in [0.2, 0.25) is 5.02 Å². The number of nitrogens with zero attached hydrogens (tertiary/aromatic N) is 1. The summed E-state index contributed by atoms with van der Waals surface area (Å²) in [7, 11) is -0.638. The number of rotatable bonds is 4. The van der Waals surface area contributed by atoms with E-state index < -0.39 is 10.0 Å². The fourth-order valence-corrected chi connectivity index (χ4v) is 3.62. The van der Waals surface area contributed by atoms with Crippen LogP contribution >= 0.6 is 11.6 Å². The Morgan fingerprint density at radius 3 is 2.38 bits per heavy atom. The Hall–Kier alpha value is -1.72. The Kier molecular flexibility index (Phi) is 4.44. The second kappa shape index (κ2) is 5.95. The van der Waals surface area contributed by atoms with Crippen LogP contribution in [0.1, 0.15) is 5.56 Å². The van der Waals surface area contributed by atoms with Crippen LogP contribution in [0.4, 0.5) is 5.69 Å². The molecule has 0 aliphatic heterocycles. The minimum absolute atomic E-state index is 0.197. The average Bonchev–Trinajstić information content (AvgIpc) is 2.47. The summed E-state index contributed by atoms with van der Waals surface area (Å²) in [5, 5.41) is 0.383. The Labute approximate surface area is 130 Å². The van der Waals surface area contributed by atoms with Crippen LogP contribution in [-0.2, 0) is 10.0 Å². The first-order chi connectivity index (χ1) is 9.87. The number of ether oxygens (including phenoxy) is 1. The predicted octanol–water partition coefficient (Wildman–Crippen LogP) is 3.48. The standard InChI is InChI=1S/C15H16ClNO3S/c1-11-10-12(8-9-15(11)20-3)21(18,19)17(2)14-7-5-4-6-13(14)16/h4-10H,1-3H3. The van der Waals surface area contributed by atoms with Crippen LogP contribution in [0.5, 0.6) is 5.75 Å². The summed E-state index contributed by atoms with van der Waals surface area (Å²) in [5.41, 5.74) is 1.19. The van der Waals surface area contributed by atoms with Gasteiger partial charge in [-0.2, -0.15) is 0 Å². The van der Waals surface area contributed by atoms with Gasteiger partial charge in [0.1, 0.15) is 5.75 Å². The van der Waals surface area contributed by atoms with Crippen molar-refractivity contribution in [1.82, 2.24) is 0 Å². The van der Waals surface area contributed by atoms with Gasteiger partial charge in [0.15, 0.2) is 0 Å². The molecule has 0 saturated heterocycles. The van der Waals surface area contributed by atoms with E-state index in [0.29, 0.717) is 16.5 Å². The maximum Gasteiger partial charge on any atom is 0.264 e. The summed E-state index contributed by atoms with van der Waals surface area (Å²) in [6, 6.07) is 11.6. The second-order valence-corrected chi connectivity index (χ2v) is 6.93. The van der Waals surface area contributed by atoms with Crippen LogP contribution in [-0.4, -0.2) is 22.6 Å². The molecule has 112 valence electrons. The van der Waals surface area contributed by atoms with E-state index >= 15 is 0 Å². The smallest absolute Gasteiger partial charge is 0.264 e. The van der Waals surface area contributed by atoms with Crippen LogP contribution < -0.4 is 9.04 Å². The molecule has 0 bridgehead atoms. The van der Waals surface area contributed by atoms with Gasteiger partial charge in [-0.25, -0.2) is 8.42 Å². The van der Waals surface area contributed by atoms with Crippen molar-refractivity contribution in [3.8, 4) is 5.75 Å². The summed E-state index contributed by atoms with van der Waals surface area (Å²) in [5.74, 6) is 0.648. The van der Waals surface area contributed by atoms with Gasteiger partial charge in [-0.3, -0.25) is 4.31 Å². The minimum atomic E-state index is -3.67. The fraction of sp³-hybridized carbons (Fsp3) is 0.200. The third-order valence-corrected chi connectivity index (χ3v) is 5.30. The van der Waals surface area contributed by atoms with Crippen molar-refractivity contribution in [3.05, 3.63) is 53.1 Å². The highest BCUT2D eigenvalue weighted by Crippen LogP contribution is 2.30. The summed E-state index contributed by atoms with van der Waals surface area (Å²) in [6.45, 7) is 1.80. The van der Waals surface area contributed by atoms with E-state index in [4.69, 9.17) is 16.3 Å². The molecule has 0 fully saturated rings. The van der Waals surface area contributed by atoms with E-state index in [1.807, 2.05) is 0 Å². The summed E-state index contributed by atoms with van der Waals surface area (Å²) in [4.78, 5) is 0.197. The molecule has 4 nitrogen and oxygen atoms in total. The number of halogens is 1. The average molecular weight is 326 g/mol. The minimum Gasteiger partial charge on any atom is -0.496 e. The second-order valence-electron chi connectivity index (χ2n) is 4.56. The van der Waals surface area contributed by atoms with Crippen molar-refractivity contribution < 1.29 is 13.2 Å². The number of hydrogen-bond donors (Lipinski definition) is 0. The van der Waals surface area contributed by atoms with E-state index in [-0.39, 0.29) is 4.90 Å². The molecule has 2 rings (SSSR count). The fourth-order valence-electron chi connectivity index (χ4n) is 2.01. The summed E-state index contributed by atoms with van der Waals surface area (Å²) >= 11 is 6.07. The zero-order chi connectivity index (χ0) is 15.6. The van der Waals surface area contributed by atoms with Gasteiger partial charge >= 0.3 is 0 Å². The summed E-state index contributed by atoms with van der Waals surface area (Å²) < 4.78 is 31.7. The first-order valence-electron chi connectivity index (χ1n) is 6.26. The van der Waals surface area contributed by atoms with Crippen molar-refractivity contribution in [2.45, 2.75) is 11.8 Å². The lowest BCUT2D eigenvalue weighted by Crippen LogP contribution is -2.26. The molecule has 6 heteroatoms. The molecule has 2 aromatic rings. The number of anilines is 1. The molecular weight excluding hydrogens is 310 g/mol. The molecule has 0 aliphatic carbocycles. The van der Waals surface area contributed by atoms with E-state index in [9.17, 15) is 8.42 Å². The molecule has 0 aliphatic rings. The molecule has 2 aromatic carbocycles. The zero-order valence-corrected chi connectivity index (χ0v) is 13.6. The van der Waals surface area contributed by atoms with E-state index in [1.165, 1.54) is 17.4 Å². The third-order valence-electron chi connectivity index (χ3n) is 3.22. The van der Waals surface area contributed by atoms with Gasteiger partial charge in [-0.05, 0) is 42.8 Å². The van der Waals surface area contributed by atoms with E-state index in [1.54, 1.807) is 50.4 Å². The Balaban J connectivity index is 2.47. The largest absolute Gasteiger partial charge is 0.496 e. The first-order valence-corrected chi connectivity index (χ1v) is 8.08. The van der Waals surface area contributed by atoms with E-state index in [0.717, 1.165) is 5.56 Å². The molecule has 0 atom stereocenters. The van der Waals surface area contributed by atoms with Crippen molar-refractivity contribution in [2.75, 3.05) is 18.5 Å². The highest BCUT2D eigenvalue weighted by atomic mass is 35.5. The number of para-hydroxylation sites is 1. The van der Waals surface area contributed by atoms with Crippen molar-refractivity contribution in [2.24, 2.45) is 0 Å². The Morgan fingerprint density at radius 1 is 1.14 bits per heavy atom. The van der Waals surface area contributed by atoms with Gasteiger partial charge < -0.3 is 4.74 Å². The number of benzene rings is 2. The maximum absolute atomic E-state index is 12.7. The molecule has 0 N–H and O–H groups in total. The molecule has 0 heterocycles. The molecule has 0 aromatic heterocycles. The lowest BCUT2D eigenvalue weighted by molar-refractivity contribution is 0.411. The van der Waals surface area contributed by atoms with Crippen molar-refractivity contribution >= 4 is 27.3 Å². The number of hydrogen-bond acceptors (Lipinski definition) is 3. The van der Waals surface area contributed by atoms with Crippen LogP contribution in [0, 0.1) is 6.92 Å². The molecular formula is C15H16ClNO3S. The van der Waals surface area contributed by atoms with Gasteiger partial charge in [0.2, 0.25) is 0 Å². The van der Waals surface area contributed by atoms with Gasteiger partial charge in [0.25, 0.3) is 10.0 Å². The molecule has 0 radical (unpaired) electrons. The molecule has 0 unspecified atom stereocenters. The Bertz CT molecular complexity index is 759. The van der Waals surface area contributed by atoms with Gasteiger partial charge in [-0.1, -0.05) is 23.7 Å². The molecule has 0 spiro atoms. The molecule has 21 heavy (non-hydrogen) atoms. The monoisotopic (exact) mass is 325 g/mol. The number of methoxy groups -OCH3 is 1. The molecule has 0 saturated carbocycles. The lowest BCUT2D eigenvalue weighted by atomic mass is 10.2. The van der Waals surface area contributed by atoms with E-state index in [2.05, 4.69) is 0 Å². The highest BCUT2D eigenvalue weighted by Gasteiger charge is 2.23. The zero-order valence-electron chi connectivity index (χ0n) is 12.0. The number of aryl methyl sites for hydroxylation is 1. The SMILES string of the molecule is COc1ccc(S(=O)(=O)N(C)c2ccccc2Cl)cc1C. The predicted molar refractivity (Wildman–Crippen MR) is 84.8 cm³/mol. The third kappa shape index (κ3) is 2.99. The summed E-state index contributed by atoms with van der Waals surface area (Å²) in [6.07, 6.45) is 0. The van der Waals surface area contributed by atoms with Crippen LogP contribution in [0.3, 0.4) is 0 Å². The normalized spacial score (nSPS) is 11.2. The first kappa shape index (κ1) is 15.7. The van der Waals surface area contributed by atoms with Gasteiger partial charge in [-0.15, -0.1) is 0 Å². The molecule has 0 amide bonds. The number of sulfonamides is 1. The maximum atomic E-state index is 12.7. The van der Waals surface area contributed by atoms with Gasteiger partial charge in [0, 0.05) is 7.05 Å². The van der Waals surface area contributed by atoms with Crippen molar-refractivity contribution in [3.63, 3.8) is 0 Å². The Morgan fingerprint density at radius 2 is 1.81 bits per heavy atom. The van der Waals surface area contributed by atoms with Crippen LogP contribution in [0.25, 0.3) is 0 Å². The lowest BCUT2D eigenvalue weighted by Gasteiger charge is -2.21. The topological polar surface area (TPSA) is 46.6 Å². The van der Waals surface area contributed by atoms with Crippen molar-refractivity contribution in [1.29, 1.82) is 0 Å². The highest BCUT2D eigenvalue weighted by molar-refractivity contribution is 7.92. The quantitative estimate of drug-likeness (QED) is 0.864. The van der Waals surface area contributed by atoms with Gasteiger partial charge in [0.05, 0.1) is 22.7 Å². The van der Waals surface area contributed by atoms with Crippen LogP contribution in [0.15, 0.2) is 47.4 Å².